The van der Waals surface area contributed by atoms with E-state index in [1.165, 1.54) is 0 Å². The van der Waals surface area contributed by atoms with Crippen LogP contribution in [0.15, 0.2) is 30.6 Å². The first-order chi connectivity index (χ1) is 16.4. The van der Waals surface area contributed by atoms with Crippen LogP contribution in [0.2, 0.25) is 5.02 Å². The van der Waals surface area contributed by atoms with E-state index in [0.29, 0.717) is 37.6 Å². The number of carbonyl (C=O) groups excluding carboxylic acids is 1. The van der Waals surface area contributed by atoms with Crippen LogP contribution in [0.3, 0.4) is 0 Å². The highest BCUT2D eigenvalue weighted by atomic mass is 35.5. The van der Waals surface area contributed by atoms with Gasteiger partial charge in [-0.15, -0.1) is 0 Å². The van der Waals surface area contributed by atoms with Crippen molar-refractivity contribution in [2.75, 3.05) is 50.7 Å². The molecule has 9 heteroatoms. The molecule has 3 N–H and O–H groups in total. The van der Waals surface area contributed by atoms with E-state index in [-0.39, 0.29) is 23.8 Å². The summed E-state index contributed by atoms with van der Waals surface area (Å²) in [6.07, 6.45) is 2.48. The lowest BCUT2D eigenvalue weighted by atomic mass is 9.93. The molecule has 0 saturated carbocycles. The van der Waals surface area contributed by atoms with Gasteiger partial charge >= 0.3 is 0 Å². The number of aliphatic hydroxyl groups is 1. The van der Waals surface area contributed by atoms with Crippen LogP contribution in [0.5, 0.6) is 0 Å². The predicted molar refractivity (Wildman–Crippen MR) is 132 cm³/mol. The average Bonchev–Trinajstić information content (AvgIpc) is 3.12. The van der Waals surface area contributed by atoms with E-state index in [9.17, 15) is 9.90 Å². The maximum atomic E-state index is 13.7. The number of likely N-dealkylation sites (tertiary alicyclic amines) is 1. The Labute approximate surface area is 205 Å². The Bertz CT molecular complexity index is 1020. The first-order valence-corrected chi connectivity index (χ1v) is 12.6. The van der Waals surface area contributed by atoms with Crippen molar-refractivity contribution in [2.45, 2.75) is 43.7 Å². The number of nitrogens with two attached hydrogens (primary N) is 1. The van der Waals surface area contributed by atoms with Crippen molar-refractivity contribution in [3.63, 3.8) is 0 Å². The molecule has 182 valence electrons. The van der Waals surface area contributed by atoms with E-state index in [2.05, 4.69) is 26.7 Å². The Hall–Kier alpha value is -2.26. The molecule has 2 aromatic rings. The fourth-order valence-corrected chi connectivity index (χ4v) is 5.67. The van der Waals surface area contributed by atoms with Gasteiger partial charge in [0, 0.05) is 55.9 Å². The van der Waals surface area contributed by atoms with Crippen molar-refractivity contribution in [1.82, 2.24) is 19.8 Å². The van der Waals surface area contributed by atoms with Crippen molar-refractivity contribution >= 4 is 23.3 Å². The van der Waals surface area contributed by atoms with Gasteiger partial charge in [0.05, 0.1) is 17.7 Å². The molecule has 1 aromatic heterocycles. The number of piperazine rings is 1. The SMILES string of the molecule is C[C@@H]1C[C@@H](O)c2ncnc(N3CCN(C(=O)[C@H](CCN4CC(N)C4)c4ccc(Cl)cc4)CC3)c21. The first-order valence-electron chi connectivity index (χ1n) is 12.2. The monoisotopic (exact) mass is 484 g/mol. The number of nitrogens with zero attached hydrogens (tertiary/aromatic N) is 5. The minimum absolute atomic E-state index is 0.170. The Kier molecular flexibility index (Phi) is 6.75. The lowest BCUT2D eigenvalue weighted by molar-refractivity contribution is -0.133. The third-order valence-electron chi connectivity index (χ3n) is 7.46. The third kappa shape index (κ3) is 4.64. The largest absolute Gasteiger partial charge is 0.387 e. The second-order valence-corrected chi connectivity index (χ2v) is 10.3. The van der Waals surface area contributed by atoms with Gasteiger partial charge in [-0.05, 0) is 43.0 Å². The number of rotatable bonds is 6. The lowest BCUT2D eigenvalue weighted by Gasteiger charge is -2.39. The van der Waals surface area contributed by atoms with Crippen molar-refractivity contribution in [2.24, 2.45) is 5.73 Å². The molecule has 3 heterocycles. The summed E-state index contributed by atoms with van der Waals surface area (Å²) in [5, 5.41) is 11.0. The summed E-state index contributed by atoms with van der Waals surface area (Å²) in [5.74, 6) is 1.11. The number of aliphatic hydroxyl groups excluding tert-OH is 1. The fourth-order valence-electron chi connectivity index (χ4n) is 5.55. The number of hydrogen-bond acceptors (Lipinski definition) is 7. The van der Waals surface area contributed by atoms with Crippen molar-refractivity contribution in [3.05, 3.63) is 52.4 Å². The number of benzene rings is 1. The van der Waals surface area contributed by atoms with E-state index >= 15 is 0 Å². The van der Waals surface area contributed by atoms with Gasteiger partial charge in [-0.3, -0.25) is 4.79 Å². The van der Waals surface area contributed by atoms with E-state index in [4.69, 9.17) is 17.3 Å². The zero-order valence-corrected chi connectivity index (χ0v) is 20.4. The molecule has 3 atom stereocenters. The smallest absolute Gasteiger partial charge is 0.230 e. The molecule has 3 aliphatic rings. The molecule has 0 radical (unpaired) electrons. The second-order valence-electron chi connectivity index (χ2n) is 9.87. The number of fused-ring (bicyclic) bond motifs is 1. The number of amides is 1. The van der Waals surface area contributed by atoms with E-state index in [0.717, 1.165) is 48.7 Å². The summed E-state index contributed by atoms with van der Waals surface area (Å²) in [7, 11) is 0. The molecule has 0 unspecified atom stereocenters. The number of aromatic nitrogens is 2. The van der Waals surface area contributed by atoms with Crippen LogP contribution in [0.1, 0.15) is 54.5 Å². The van der Waals surface area contributed by atoms with Gasteiger partial charge in [0.2, 0.25) is 5.91 Å². The summed E-state index contributed by atoms with van der Waals surface area (Å²) >= 11 is 6.10. The van der Waals surface area contributed by atoms with Gasteiger partial charge in [-0.1, -0.05) is 30.7 Å². The minimum atomic E-state index is -0.518. The molecular formula is C25H33ClN6O2. The highest BCUT2D eigenvalue weighted by molar-refractivity contribution is 6.30. The first kappa shape index (κ1) is 23.5. The third-order valence-corrected chi connectivity index (χ3v) is 7.71. The standard InChI is InChI=1S/C25H33ClN6O2/c1-16-12-21(33)23-22(16)24(29-15-28-23)31-8-10-32(11-9-31)25(34)20(6-7-30-13-19(27)14-30)17-2-4-18(26)5-3-17/h2-5,15-16,19-21,33H,6-14,27H2,1H3/t16-,20-,21-/m1/s1. The number of anilines is 1. The Balaban J connectivity index is 1.27. The van der Waals surface area contributed by atoms with Gasteiger partial charge in [-0.2, -0.15) is 0 Å². The molecule has 34 heavy (non-hydrogen) atoms. The molecular weight excluding hydrogens is 452 g/mol. The van der Waals surface area contributed by atoms with Crippen LogP contribution >= 0.6 is 11.6 Å². The highest BCUT2D eigenvalue weighted by Gasteiger charge is 2.35. The number of hydrogen-bond donors (Lipinski definition) is 2. The molecule has 2 fully saturated rings. The molecule has 5 rings (SSSR count). The van der Waals surface area contributed by atoms with E-state index in [1.807, 2.05) is 29.2 Å². The van der Waals surface area contributed by atoms with Crippen molar-refractivity contribution < 1.29 is 9.90 Å². The Morgan fingerprint density at radius 1 is 1.18 bits per heavy atom. The molecule has 8 nitrogen and oxygen atoms in total. The van der Waals surface area contributed by atoms with Crippen LogP contribution in [0.4, 0.5) is 5.82 Å². The maximum Gasteiger partial charge on any atom is 0.230 e. The number of halogens is 1. The van der Waals surface area contributed by atoms with Gasteiger partial charge in [0.15, 0.2) is 0 Å². The summed E-state index contributed by atoms with van der Waals surface area (Å²) < 4.78 is 0. The van der Waals surface area contributed by atoms with Crippen molar-refractivity contribution in [1.29, 1.82) is 0 Å². The second kappa shape index (κ2) is 9.77. The summed E-state index contributed by atoms with van der Waals surface area (Å²) in [5.41, 5.74) is 8.75. The van der Waals surface area contributed by atoms with Gasteiger partial charge in [-0.25, -0.2) is 9.97 Å². The molecule has 1 amide bonds. The molecule has 2 saturated heterocycles. The summed E-state index contributed by atoms with van der Waals surface area (Å²) in [6.45, 7) is 7.50. The topological polar surface area (TPSA) is 98.8 Å². The molecule has 2 aliphatic heterocycles. The highest BCUT2D eigenvalue weighted by Crippen LogP contribution is 2.42. The van der Waals surface area contributed by atoms with Gasteiger partial charge < -0.3 is 25.5 Å². The van der Waals surface area contributed by atoms with E-state index in [1.54, 1.807) is 6.33 Å². The quantitative estimate of drug-likeness (QED) is 0.648. The van der Waals surface area contributed by atoms with Crippen LogP contribution in [0, 0.1) is 0 Å². The molecule has 1 aliphatic carbocycles. The molecule has 0 spiro atoms. The van der Waals surface area contributed by atoms with Crippen LogP contribution < -0.4 is 10.6 Å². The zero-order valence-electron chi connectivity index (χ0n) is 19.6. The van der Waals surface area contributed by atoms with Crippen LogP contribution in [0.25, 0.3) is 0 Å². The predicted octanol–water partition coefficient (Wildman–Crippen LogP) is 2.14. The van der Waals surface area contributed by atoms with Crippen LogP contribution in [-0.4, -0.2) is 82.6 Å². The lowest BCUT2D eigenvalue weighted by Crippen LogP contribution is -2.56. The Morgan fingerprint density at radius 2 is 1.88 bits per heavy atom. The van der Waals surface area contributed by atoms with Gasteiger partial charge in [0.25, 0.3) is 0 Å². The maximum absolute atomic E-state index is 13.7. The van der Waals surface area contributed by atoms with E-state index < -0.39 is 6.10 Å². The Morgan fingerprint density at radius 3 is 2.56 bits per heavy atom. The van der Waals surface area contributed by atoms with Gasteiger partial charge in [0.1, 0.15) is 12.1 Å². The molecule has 0 bridgehead atoms. The summed E-state index contributed by atoms with van der Waals surface area (Å²) in [4.78, 5) is 29.1. The zero-order chi connectivity index (χ0) is 23.8. The van der Waals surface area contributed by atoms with Crippen LogP contribution in [-0.2, 0) is 4.79 Å². The number of carbonyl (C=O) groups is 1. The summed E-state index contributed by atoms with van der Waals surface area (Å²) in [6, 6.07) is 7.92. The normalized spacial score (nSPS) is 24.1. The minimum Gasteiger partial charge on any atom is -0.387 e. The fraction of sp³-hybridized carbons (Fsp3) is 0.560. The average molecular weight is 485 g/mol. The van der Waals surface area contributed by atoms with Crippen molar-refractivity contribution in [3.8, 4) is 0 Å². The molecule has 1 aromatic carbocycles.